The number of aliphatic carboxylic acids is 1. The second-order valence-electron chi connectivity index (χ2n) is 7.67. The zero-order chi connectivity index (χ0) is 23.3. The standard InChI is InChI=1S/C24H24F2N2O4/c1-14(2)9-21(24(29)30)32-23-20(26)12-19(25)22(28-23)31-18-8-4-7-17(11-18)16-6-3-5-15(10-16)13-27/h3-8,10-12,14,21H,9,13,27H2,1-2H3,(H,29,30)/t21-/m0/s1. The first kappa shape index (κ1) is 23.1. The van der Waals surface area contributed by atoms with E-state index in [0.29, 0.717) is 12.6 Å². The quantitative estimate of drug-likeness (QED) is 0.476. The number of halogens is 2. The summed E-state index contributed by atoms with van der Waals surface area (Å²) in [6.07, 6.45) is -1.19. The number of hydrogen-bond donors (Lipinski definition) is 2. The van der Waals surface area contributed by atoms with E-state index in [0.717, 1.165) is 16.7 Å². The van der Waals surface area contributed by atoms with Gasteiger partial charge in [-0.3, -0.25) is 0 Å². The minimum atomic E-state index is -1.33. The van der Waals surface area contributed by atoms with Gasteiger partial charge in [-0.1, -0.05) is 44.2 Å². The molecule has 8 heteroatoms. The number of carbonyl (C=O) groups is 1. The van der Waals surface area contributed by atoms with Crippen molar-refractivity contribution in [2.75, 3.05) is 0 Å². The zero-order valence-corrected chi connectivity index (χ0v) is 17.7. The first-order chi connectivity index (χ1) is 15.3. The molecule has 3 rings (SSSR count). The summed E-state index contributed by atoms with van der Waals surface area (Å²) in [6, 6.07) is 15.0. The van der Waals surface area contributed by atoms with E-state index in [2.05, 4.69) is 4.98 Å². The monoisotopic (exact) mass is 442 g/mol. The van der Waals surface area contributed by atoms with E-state index in [1.165, 1.54) is 0 Å². The lowest BCUT2D eigenvalue weighted by Gasteiger charge is -2.17. The number of hydrogen-bond acceptors (Lipinski definition) is 5. The molecule has 3 N–H and O–H groups in total. The highest BCUT2D eigenvalue weighted by atomic mass is 19.1. The number of pyridine rings is 1. The average molecular weight is 442 g/mol. The molecule has 168 valence electrons. The van der Waals surface area contributed by atoms with Gasteiger partial charge in [0.05, 0.1) is 0 Å². The summed E-state index contributed by atoms with van der Waals surface area (Å²) in [4.78, 5) is 15.2. The summed E-state index contributed by atoms with van der Waals surface area (Å²) < 4.78 is 39.3. The van der Waals surface area contributed by atoms with Gasteiger partial charge in [-0.2, -0.15) is 4.98 Å². The lowest BCUT2D eigenvalue weighted by atomic mass is 10.0. The van der Waals surface area contributed by atoms with Gasteiger partial charge in [-0.15, -0.1) is 0 Å². The Labute approximate surface area is 184 Å². The molecule has 0 amide bonds. The highest BCUT2D eigenvalue weighted by Gasteiger charge is 2.25. The van der Waals surface area contributed by atoms with Crippen molar-refractivity contribution in [3.05, 3.63) is 71.8 Å². The lowest BCUT2D eigenvalue weighted by Crippen LogP contribution is -2.29. The maximum atomic E-state index is 14.3. The van der Waals surface area contributed by atoms with Crippen molar-refractivity contribution in [1.29, 1.82) is 0 Å². The minimum Gasteiger partial charge on any atom is -0.479 e. The number of benzene rings is 2. The Morgan fingerprint density at radius 1 is 1.03 bits per heavy atom. The van der Waals surface area contributed by atoms with Gasteiger partial charge in [0, 0.05) is 12.6 Å². The SMILES string of the molecule is CC(C)C[C@H](Oc1nc(Oc2cccc(-c3cccc(CN)c3)c2)c(F)cc1F)C(=O)O. The predicted octanol–water partition coefficient (Wildman–Crippen LogP) is 5.16. The molecule has 0 aliphatic carbocycles. The second-order valence-corrected chi connectivity index (χ2v) is 7.67. The average Bonchev–Trinajstić information content (AvgIpc) is 2.76. The number of carboxylic acids is 1. The summed E-state index contributed by atoms with van der Waals surface area (Å²) >= 11 is 0. The van der Waals surface area contributed by atoms with Crippen molar-refractivity contribution in [2.45, 2.75) is 32.9 Å². The molecule has 0 spiro atoms. The van der Waals surface area contributed by atoms with Crippen molar-refractivity contribution >= 4 is 5.97 Å². The number of aromatic nitrogens is 1. The van der Waals surface area contributed by atoms with Crippen molar-refractivity contribution in [3.8, 4) is 28.6 Å². The molecule has 0 bridgehead atoms. The van der Waals surface area contributed by atoms with Gasteiger partial charge in [0.15, 0.2) is 17.7 Å². The van der Waals surface area contributed by atoms with E-state index in [1.54, 1.807) is 32.0 Å². The summed E-state index contributed by atoms with van der Waals surface area (Å²) in [5, 5.41) is 9.32. The van der Waals surface area contributed by atoms with Crippen LogP contribution in [0.3, 0.4) is 0 Å². The molecule has 0 aliphatic heterocycles. The summed E-state index contributed by atoms with van der Waals surface area (Å²) in [6.45, 7) is 4.00. The van der Waals surface area contributed by atoms with E-state index in [-0.39, 0.29) is 18.1 Å². The fourth-order valence-corrected chi connectivity index (χ4v) is 3.08. The predicted molar refractivity (Wildman–Crippen MR) is 116 cm³/mol. The second kappa shape index (κ2) is 10.2. The third-order valence-electron chi connectivity index (χ3n) is 4.62. The number of nitrogens with two attached hydrogens (primary N) is 1. The molecule has 0 aliphatic rings. The van der Waals surface area contributed by atoms with Crippen molar-refractivity contribution < 1.29 is 28.2 Å². The van der Waals surface area contributed by atoms with Crippen LogP contribution < -0.4 is 15.2 Å². The minimum absolute atomic E-state index is 0.0177. The fourth-order valence-electron chi connectivity index (χ4n) is 3.08. The van der Waals surface area contributed by atoms with Crippen LogP contribution in [-0.2, 0) is 11.3 Å². The first-order valence-corrected chi connectivity index (χ1v) is 10.1. The highest BCUT2D eigenvalue weighted by molar-refractivity contribution is 5.72. The largest absolute Gasteiger partial charge is 0.479 e. The molecule has 1 aromatic heterocycles. The molecule has 0 fully saturated rings. The van der Waals surface area contributed by atoms with Gasteiger partial charge < -0.3 is 20.3 Å². The highest BCUT2D eigenvalue weighted by Crippen LogP contribution is 2.31. The van der Waals surface area contributed by atoms with Gasteiger partial charge in [0.25, 0.3) is 11.8 Å². The van der Waals surface area contributed by atoms with Crippen LogP contribution in [0.5, 0.6) is 17.5 Å². The van der Waals surface area contributed by atoms with Crippen LogP contribution in [0.2, 0.25) is 0 Å². The summed E-state index contributed by atoms with van der Waals surface area (Å²) in [5.41, 5.74) is 8.35. The van der Waals surface area contributed by atoms with Gasteiger partial charge in [-0.05, 0) is 47.2 Å². The molecule has 32 heavy (non-hydrogen) atoms. The Morgan fingerprint density at radius 2 is 1.69 bits per heavy atom. The van der Waals surface area contributed by atoms with Crippen LogP contribution in [0.25, 0.3) is 11.1 Å². The number of ether oxygens (including phenoxy) is 2. The Bertz CT molecular complexity index is 1110. The number of nitrogens with zero attached hydrogens (tertiary/aromatic N) is 1. The smallest absolute Gasteiger partial charge is 0.344 e. The molecular weight excluding hydrogens is 418 g/mol. The van der Waals surface area contributed by atoms with Gasteiger partial charge in [0.2, 0.25) is 0 Å². The number of rotatable bonds is 9. The van der Waals surface area contributed by atoms with Crippen molar-refractivity contribution in [1.82, 2.24) is 4.98 Å². The van der Waals surface area contributed by atoms with Gasteiger partial charge in [-0.25, -0.2) is 13.6 Å². The molecule has 0 saturated carbocycles. The van der Waals surface area contributed by atoms with Crippen molar-refractivity contribution in [2.24, 2.45) is 11.7 Å². The maximum absolute atomic E-state index is 14.3. The molecule has 1 heterocycles. The van der Waals surface area contributed by atoms with Crippen LogP contribution >= 0.6 is 0 Å². The maximum Gasteiger partial charge on any atom is 0.344 e. The van der Waals surface area contributed by atoms with E-state index >= 15 is 0 Å². The van der Waals surface area contributed by atoms with Crippen LogP contribution in [0.4, 0.5) is 8.78 Å². The van der Waals surface area contributed by atoms with Crippen LogP contribution in [0.15, 0.2) is 54.6 Å². The molecule has 6 nitrogen and oxygen atoms in total. The van der Waals surface area contributed by atoms with E-state index in [4.69, 9.17) is 15.2 Å². The zero-order valence-electron chi connectivity index (χ0n) is 17.7. The Morgan fingerprint density at radius 3 is 2.34 bits per heavy atom. The Kier molecular flexibility index (Phi) is 7.37. The molecule has 2 aromatic carbocycles. The molecular formula is C24H24F2N2O4. The van der Waals surface area contributed by atoms with Gasteiger partial charge >= 0.3 is 5.97 Å². The number of carboxylic acid groups (broad SMARTS) is 1. The van der Waals surface area contributed by atoms with E-state index < -0.39 is 35.5 Å². The van der Waals surface area contributed by atoms with Gasteiger partial charge in [0.1, 0.15) is 5.75 Å². The topological polar surface area (TPSA) is 94.7 Å². The molecule has 3 aromatic rings. The van der Waals surface area contributed by atoms with E-state index in [1.807, 2.05) is 30.3 Å². The van der Waals surface area contributed by atoms with Crippen LogP contribution in [0, 0.1) is 17.6 Å². The fraction of sp³-hybridized carbons (Fsp3) is 0.250. The molecule has 0 unspecified atom stereocenters. The first-order valence-electron chi connectivity index (χ1n) is 10.1. The summed E-state index contributed by atoms with van der Waals surface area (Å²) in [7, 11) is 0. The third-order valence-corrected chi connectivity index (χ3v) is 4.62. The summed E-state index contributed by atoms with van der Waals surface area (Å²) in [5.74, 6) is -4.33. The normalized spacial score (nSPS) is 11.9. The van der Waals surface area contributed by atoms with Crippen LogP contribution in [-0.4, -0.2) is 22.2 Å². The van der Waals surface area contributed by atoms with Crippen LogP contribution in [0.1, 0.15) is 25.8 Å². The Hall–Kier alpha value is -3.52. The molecule has 0 radical (unpaired) electrons. The molecule has 0 saturated heterocycles. The van der Waals surface area contributed by atoms with E-state index in [9.17, 15) is 18.7 Å². The lowest BCUT2D eigenvalue weighted by molar-refractivity contribution is -0.146. The van der Waals surface area contributed by atoms with Crippen molar-refractivity contribution in [3.63, 3.8) is 0 Å². The third kappa shape index (κ3) is 5.79. The Balaban J connectivity index is 1.87. The molecule has 1 atom stereocenters.